The van der Waals surface area contributed by atoms with Gasteiger partial charge in [0.05, 0.1) is 19.8 Å². The Morgan fingerprint density at radius 3 is 2.39 bits per heavy atom. The van der Waals surface area contributed by atoms with E-state index in [1.807, 2.05) is 42.2 Å². The molecule has 1 aliphatic heterocycles. The van der Waals surface area contributed by atoms with Gasteiger partial charge in [-0.1, -0.05) is 25.1 Å². The third-order valence-electron chi connectivity index (χ3n) is 6.63. The van der Waals surface area contributed by atoms with Crippen molar-refractivity contribution in [2.45, 2.75) is 64.0 Å². The Kier molecular flexibility index (Phi) is 8.01. The molecule has 5 nitrogen and oxygen atoms in total. The standard InChI is InChI=1S/C27H36FNO4/c1-6-25(30)29(18-20-7-12-23(31-4)24(17-20)32-5)15-13-27(14-16-33-26(2,3)19-27)21-8-10-22(28)11-9-21/h7-12,17H,6,13-16,18-19H2,1-5H3/t27-/m0/s1. The van der Waals surface area contributed by atoms with E-state index in [1.165, 1.54) is 12.1 Å². The summed E-state index contributed by atoms with van der Waals surface area (Å²) >= 11 is 0. The first-order chi connectivity index (χ1) is 15.7. The minimum Gasteiger partial charge on any atom is -0.493 e. The van der Waals surface area contributed by atoms with E-state index in [0.717, 1.165) is 30.4 Å². The summed E-state index contributed by atoms with van der Waals surface area (Å²) in [6.07, 6.45) is 2.87. The average molecular weight is 458 g/mol. The zero-order valence-corrected chi connectivity index (χ0v) is 20.4. The van der Waals surface area contributed by atoms with E-state index >= 15 is 0 Å². The van der Waals surface area contributed by atoms with E-state index in [9.17, 15) is 9.18 Å². The Morgan fingerprint density at radius 1 is 1.09 bits per heavy atom. The van der Waals surface area contributed by atoms with Crippen LogP contribution in [0.15, 0.2) is 42.5 Å². The van der Waals surface area contributed by atoms with Crippen LogP contribution in [0, 0.1) is 5.82 Å². The first-order valence-electron chi connectivity index (χ1n) is 11.6. The van der Waals surface area contributed by atoms with E-state index in [0.29, 0.717) is 37.6 Å². The second-order valence-corrected chi connectivity index (χ2v) is 9.43. The zero-order chi connectivity index (χ0) is 24.1. The lowest BCUT2D eigenvalue weighted by Crippen LogP contribution is -2.46. The molecule has 0 spiro atoms. The first kappa shape index (κ1) is 25.0. The minimum atomic E-state index is -0.282. The number of amides is 1. The number of halogens is 1. The van der Waals surface area contributed by atoms with Crippen molar-refractivity contribution >= 4 is 5.91 Å². The highest BCUT2D eigenvalue weighted by atomic mass is 19.1. The molecule has 33 heavy (non-hydrogen) atoms. The molecule has 1 saturated heterocycles. The molecule has 0 N–H and O–H groups in total. The Bertz CT molecular complexity index is 944. The molecule has 6 heteroatoms. The van der Waals surface area contributed by atoms with E-state index in [-0.39, 0.29) is 22.7 Å². The van der Waals surface area contributed by atoms with Crippen LogP contribution in [0.5, 0.6) is 11.5 Å². The van der Waals surface area contributed by atoms with Gasteiger partial charge in [-0.3, -0.25) is 4.79 Å². The summed E-state index contributed by atoms with van der Waals surface area (Å²) in [4.78, 5) is 14.8. The summed E-state index contributed by atoms with van der Waals surface area (Å²) in [6.45, 7) is 7.83. The number of methoxy groups -OCH3 is 2. The fourth-order valence-corrected chi connectivity index (χ4v) is 4.95. The topological polar surface area (TPSA) is 48.0 Å². The van der Waals surface area contributed by atoms with Gasteiger partial charge in [-0.25, -0.2) is 4.39 Å². The smallest absolute Gasteiger partial charge is 0.222 e. The highest BCUT2D eigenvalue weighted by Crippen LogP contribution is 2.44. The van der Waals surface area contributed by atoms with Crippen LogP contribution >= 0.6 is 0 Å². The summed E-state index contributed by atoms with van der Waals surface area (Å²) in [6, 6.07) is 12.6. The van der Waals surface area contributed by atoms with Gasteiger partial charge in [-0.15, -0.1) is 0 Å². The van der Waals surface area contributed by atoms with Crippen molar-refractivity contribution in [1.29, 1.82) is 0 Å². The Labute approximate surface area is 196 Å². The molecule has 0 aromatic heterocycles. The third-order valence-corrected chi connectivity index (χ3v) is 6.63. The van der Waals surface area contributed by atoms with Crippen LogP contribution in [-0.2, 0) is 21.5 Å². The van der Waals surface area contributed by atoms with Gasteiger partial charge in [0.1, 0.15) is 5.82 Å². The van der Waals surface area contributed by atoms with Crippen molar-refractivity contribution in [3.8, 4) is 11.5 Å². The minimum absolute atomic E-state index is 0.102. The van der Waals surface area contributed by atoms with Gasteiger partial charge in [-0.05, 0) is 68.5 Å². The van der Waals surface area contributed by atoms with Crippen LogP contribution in [0.4, 0.5) is 4.39 Å². The summed E-state index contributed by atoms with van der Waals surface area (Å²) in [5, 5.41) is 0. The number of carbonyl (C=O) groups excluding carboxylic acids is 1. The molecule has 0 unspecified atom stereocenters. The molecule has 2 aromatic rings. The van der Waals surface area contributed by atoms with Crippen molar-refractivity contribution in [3.05, 3.63) is 59.4 Å². The normalized spacial score (nSPS) is 19.7. The highest BCUT2D eigenvalue weighted by molar-refractivity contribution is 5.75. The van der Waals surface area contributed by atoms with Crippen LogP contribution in [0.3, 0.4) is 0 Å². The zero-order valence-electron chi connectivity index (χ0n) is 20.4. The second kappa shape index (κ2) is 10.6. The number of nitrogens with zero attached hydrogens (tertiary/aromatic N) is 1. The number of hydrogen-bond acceptors (Lipinski definition) is 4. The molecule has 0 aliphatic carbocycles. The van der Waals surface area contributed by atoms with Gasteiger partial charge < -0.3 is 19.1 Å². The Balaban J connectivity index is 1.85. The maximum Gasteiger partial charge on any atom is 0.222 e. The van der Waals surface area contributed by atoms with Gasteiger partial charge in [0.15, 0.2) is 11.5 Å². The summed E-state index contributed by atoms with van der Waals surface area (Å²) < 4.78 is 30.4. The molecule has 1 amide bonds. The summed E-state index contributed by atoms with van der Waals surface area (Å²) in [5.41, 5.74) is 1.63. The molecule has 180 valence electrons. The lowest BCUT2D eigenvalue weighted by atomic mass is 9.67. The number of benzene rings is 2. The average Bonchev–Trinajstić information content (AvgIpc) is 2.80. The Morgan fingerprint density at radius 2 is 1.79 bits per heavy atom. The van der Waals surface area contributed by atoms with Crippen molar-refractivity contribution < 1.29 is 23.4 Å². The van der Waals surface area contributed by atoms with Crippen LogP contribution in [0.2, 0.25) is 0 Å². The Hall–Kier alpha value is -2.60. The van der Waals surface area contributed by atoms with Crippen LogP contribution in [-0.4, -0.2) is 43.8 Å². The van der Waals surface area contributed by atoms with Gasteiger partial charge >= 0.3 is 0 Å². The quantitative estimate of drug-likeness (QED) is 0.499. The fourth-order valence-electron chi connectivity index (χ4n) is 4.95. The number of rotatable bonds is 9. The highest BCUT2D eigenvalue weighted by Gasteiger charge is 2.42. The first-order valence-corrected chi connectivity index (χ1v) is 11.6. The van der Waals surface area contributed by atoms with E-state index in [1.54, 1.807) is 14.2 Å². The van der Waals surface area contributed by atoms with Gasteiger partial charge in [-0.2, -0.15) is 0 Å². The van der Waals surface area contributed by atoms with E-state index < -0.39 is 0 Å². The molecule has 2 aromatic carbocycles. The van der Waals surface area contributed by atoms with Gasteiger partial charge in [0.2, 0.25) is 5.91 Å². The maximum atomic E-state index is 13.7. The van der Waals surface area contributed by atoms with Crippen LogP contribution in [0.25, 0.3) is 0 Å². The fraction of sp³-hybridized carbons (Fsp3) is 0.519. The molecule has 0 saturated carbocycles. The predicted octanol–water partition coefficient (Wildman–Crippen LogP) is 5.50. The second-order valence-electron chi connectivity index (χ2n) is 9.43. The molecule has 1 fully saturated rings. The number of hydrogen-bond donors (Lipinski definition) is 0. The third kappa shape index (κ3) is 6.05. The predicted molar refractivity (Wildman–Crippen MR) is 127 cm³/mol. The molecule has 1 atom stereocenters. The van der Waals surface area contributed by atoms with Gasteiger partial charge in [0.25, 0.3) is 0 Å². The molecule has 3 rings (SSSR count). The molecule has 1 aliphatic rings. The van der Waals surface area contributed by atoms with Crippen molar-refractivity contribution in [3.63, 3.8) is 0 Å². The van der Waals surface area contributed by atoms with Crippen molar-refractivity contribution in [1.82, 2.24) is 4.90 Å². The molecule has 0 radical (unpaired) electrons. The van der Waals surface area contributed by atoms with Crippen LogP contribution in [0.1, 0.15) is 57.6 Å². The van der Waals surface area contributed by atoms with Crippen LogP contribution < -0.4 is 9.47 Å². The largest absolute Gasteiger partial charge is 0.493 e. The molecular formula is C27H36FNO4. The van der Waals surface area contributed by atoms with E-state index in [2.05, 4.69) is 13.8 Å². The van der Waals surface area contributed by atoms with E-state index in [4.69, 9.17) is 14.2 Å². The number of carbonyl (C=O) groups is 1. The van der Waals surface area contributed by atoms with Crippen molar-refractivity contribution in [2.75, 3.05) is 27.4 Å². The lowest BCUT2D eigenvalue weighted by molar-refractivity contribution is -0.132. The molecular weight excluding hydrogens is 421 g/mol. The molecule has 1 heterocycles. The number of ether oxygens (including phenoxy) is 3. The molecule has 0 bridgehead atoms. The summed E-state index contributed by atoms with van der Waals surface area (Å²) in [5.74, 6) is 1.17. The van der Waals surface area contributed by atoms with Crippen molar-refractivity contribution in [2.24, 2.45) is 0 Å². The monoisotopic (exact) mass is 457 g/mol. The van der Waals surface area contributed by atoms with Gasteiger partial charge in [0, 0.05) is 31.5 Å². The maximum absolute atomic E-state index is 13.7. The lowest BCUT2D eigenvalue weighted by Gasteiger charge is -2.46. The SMILES string of the molecule is CCC(=O)N(CC[C@]1(c2ccc(F)cc2)CCOC(C)(C)C1)Cc1ccc(OC)c(OC)c1. The summed E-state index contributed by atoms with van der Waals surface area (Å²) in [7, 11) is 3.21.